The number of nitrogens with two attached hydrogens (primary N) is 1. The van der Waals surface area contributed by atoms with E-state index in [4.69, 9.17) is 5.73 Å². The van der Waals surface area contributed by atoms with Crippen LogP contribution in [0.4, 0.5) is 4.39 Å². The Labute approximate surface area is 126 Å². The van der Waals surface area contributed by atoms with E-state index in [1.807, 2.05) is 13.8 Å². The highest BCUT2D eigenvalue weighted by molar-refractivity contribution is 7.99. The molecule has 1 aliphatic heterocycles. The molecule has 2 heterocycles. The molecule has 110 valence electrons. The van der Waals surface area contributed by atoms with Gasteiger partial charge in [0.1, 0.15) is 5.82 Å². The molecule has 21 heavy (non-hydrogen) atoms. The molecule has 0 saturated carbocycles. The van der Waals surface area contributed by atoms with E-state index in [0.717, 1.165) is 16.4 Å². The van der Waals surface area contributed by atoms with Crippen LogP contribution < -0.4 is 5.73 Å². The zero-order valence-electron chi connectivity index (χ0n) is 11.8. The first-order chi connectivity index (χ1) is 10.1. The molecule has 0 saturated heterocycles. The number of rotatable bonds is 3. The molecular weight excluding hydrogens is 289 g/mol. The number of nitrogens with zero attached hydrogens (tertiary/aromatic N) is 4. The average molecular weight is 305 g/mol. The minimum Gasteiger partial charge on any atom is -0.321 e. The van der Waals surface area contributed by atoms with E-state index < -0.39 is 0 Å². The summed E-state index contributed by atoms with van der Waals surface area (Å²) in [6.45, 7) is 4.07. The van der Waals surface area contributed by atoms with Gasteiger partial charge in [0.25, 0.3) is 0 Å². The van der Waals surface area contributed by atoms with Gasteiger partial charge in [0, 0.05) is 5.75 Å². The maximum absolute atomic E-state index is 13.0. The minimum absolute atomic E-state index is 0.219. The maximum atomic E-state index is 13.0. The molecule has 1 unspecified atom stereocenters. The summed E-state index contributed by atoms with van der Waals surface area (Å²) >= 11 is 1.56. The molecule has 2 N–H and O–H groups in total. The van der Waals surface area contributed by atoms with Crippen molar-refractivity contribution in [2.45, 2.75) is 25.0 Å². The van der Waals surface area contributed by atoms with Crippen molar-refractivity contribution < 1.29 is 4.39 Å². The molecule has 1 aliphatic rings. The lowest BCUT2D eigenvalue weighted by molar-refractivity contribution is 0.470. The normalized spacial score (nSPS) is 15.8. The zero-order valence-corrected chi connectivity index (χ0v) is 12.6. The van der Waals surface area contributed by atoms with E-state index in [2.05, 4.69) is 15.3 Å². The highest BCUT2D eigenvalue weighted by atomic mass is 32.2. The van der Waals surface area contributed by atoms with E-state index in [1.165, 1.54) is 12.1 Å². The van der Waals surface area contributed by atoms with Crippen LogP contribution in [0.15, 0.2) is 34.5 Å². The predicted molar refractivity (Wildman–Crippen MR) is 80.8 cm³/mol. The number of aromatic nitrogens is 3. The van der Waals surface area contributed by atoms with Crippen molar-refractivity contribution in [1.29, 1.82) is 0 Å². The zero-order chi connectivity index (χ0) is 15.0. The van der Waals surface area contributed by atoms with Gasteiger partial charge in [0.2, 0.25) is 5.16 Å². The summed E-state index contributed by atoms with van der Waals surface area (Å²) in [6, 6.07) is 6.11. The van der Waals surface area contributed by atoms with Crippen LogP contribution >= 0.6 is 11.8 Å². The summed E-state index contributed by atoms with van der Waals surface area (Å²) in [5.41, 5.74) is 7.92. The van der Waals surface area contributed by atoms with Crippen LogP contribution in [0.3, 0.4) is 0 Å². The summed E-state index contributed by atoms with van der Waals surface area (Å²) in [4.78, 5) is 0. The van der Waals surface area contributed by atoms with Crippen molar-refractivity contribution in [1.82, 2.24) is 14.9 Å². The largest absolute Gasteiger partial charge is 0.321 e. The molecule has 5 nitrogen and oxygen atoms in total. The van der Waals surface area contributed by atoms with E-state index in [0.29, 0.717) is 11.6 Å². The fraction of sp³-hybridized carbons (Fsp3) is 0.357. The van der Waals surface area contributed by atoms with Crippen molar-refractivity contribution in [2.75, 3.05) is 5.75 Å². The van der Waals surface area contributed by atoms with Crippen molar-refractivity contribution in [2.24, 2.45) is 16.8 Å². The number of halogens is 1. The lowest BCUT2D eigenvalue weighted by atomic mass is 10.1. The maximum Gasteiger partial charge on any atom is 0.212 e. The monoisotopic (exact) mass is 305 g/mol. The predicted octanol–water partition coefficient (Wildman–Crippen LogP) is 2.43. The van der Waals surface area contributed by atoms with Gasteiger partial charge in [-0.3, -0.25) is 0 Å². The second-order valence-electron chi connectivity index (χ2n) is 5.26. The number of thioether (sulfide) groups is 1. The third-order valence-electron chi connectivity index (χ3n) is 3.39. The van der Waals surface area contributed by atoms with Gasteiger partial charge in [-0.25, -0.2) is 4.39 Å². The number of hydrogen-bond donors (Lipinski definition) is 1. The van der Waals surface area contributed by atoms with Crippen molar-refractivity contribution >= 4 is 17.5 Å². The number of benzene rings is 1. The Morgan fingerprint density at radius 2 is 1.95 bits per heavy atom. The summed E-state index contributed by atoms with van der Waals surface area (Å²) in [6.07, 6.45) is 0. The van der Waals surface area contributed by atoms with Crippen molar-refractivity contribution in [3.63, 3.8) is 0 Å². The highest BCUT2D eigenvalue weighted by Crippen LogP contribution is 2.27. The minimum atomic E-state index is -0.254. The molecule has 0 fully saturated rings. The van der Waals surface area contributed by atoms with Gasteiger partial charge in [-0.2, -0.15) is 9.78 Å². The average Bonchev–Trinajstić information content (AvgIpc) is 2.90. The van der Waals surface area contributed by atoms with Crippen LogP contribution in [0.1, 0.15) is 31.3 Å². The second kappa shape index (κ2) is 5.57. The Kier molecular flexibility index (Phi) is 3.77. The molecule has 0 spiro atoms. The quantitative estimate of drug-likeness (QED) is 0.945. The van der Waals surface area contributed by atoms with Gasteiger partial charge in [0.05, 0.1) is 11.8 Å². The van der Waals surface area contributed by atoms with Crippen LogP contribution in [0.25, 0.3) is 0 Å². The number of fused-ring (bicyclic) bond motifs is 1. The van der Waals surface area contributed by atoms with Crippen molar-refractivity contribution in [3.05, 3.63) is 41.5 Å². The number of hydrogen-bond acceptors (Lipinski definition) is 5. The molecule has 1 atom stereocenters. The van der Waals surface area contributed by atoms with Crippen LogP contribution in [0.5, 0.6) is 0 Å². The Bertz CT molecular complexity index is 677. The van der Waals surface area contributed by atoms with Crippen LogP contribution in [0.2, 0.25) is 0 Å². The molecule has 3 rings (SSSR count). The SMILES string of the molecule is CC(C)C(N)c1nnc2n1N=C(c1ccc(F)cc1)CS2. The molecule has 1 aromatic carbocycles. The van der Waals surface area contributed by atoms with E-state index >= 15 is 0 Å². The van der Waals surface area contributed by atoms with E-state index in [9.17, 15) is 4.39 Å². The van der Waals surface area contributed by atoms with Gasteiger partial charge >= 0.3 is 0 Å². The third-order valence-corrected chi connectivity index (χ3v) is 4.32. The third kappa shape index (κ3) is 2.71. The topological polar surface area (TPSA) is 69.1 Å². The van der Waals surface area contributed by atoms with Crippen LogP contribution in [-0.2, 0) is 0 Å². The molecule has 0 amide bonds. The molecule has 0 radical (unpaired) electrons. The smallest absolute Gasteiger partial charge is 0.212 e. The van der Waals surface area contributed by atoms with Gasteiger partial charge in [-0.1, -0.05) is 37.7 Å². The Balaban J connectivity index is 2.00. The molecule has 2 aromatic rings. The Morgan fingerprint density at radius 1 is 1.24 bits per heavy atom. The first-order valence-electron chi connectivity index (χ1n) is 6.73. The van der Waals surface area contributed by atoms with Gasteiger partial charge in [-0.05, 0) is 23.6 Å². The summed E-state index contributed by atoms with van der Waals surface area (Å²) in [7, 11) is 0. The second-order valence-corrected chi connectivity index (χ2v) is 6.21. The highest BCUT2D eigenvalue weighted by Gasteiger charge is 2.24. The summed E-state index contributed by atoms with van der Waals surface area (Å²) in [5, 5.41) is 13.6. The van der Waals surface area contributed by atoms with Crippen LogP contribution in [-0.4, -0.2) is 26.3 Å². The van der Waals surface area contributed by atoms with Crippen LogP contribution in [0, 0.1) is 11.7 Å². The standard InChI is InChI=1S/C14H16FN5S/c1-8(2)12(16)13-17-18-14-20(13)19-11(7-21-14)9-3-5-10(15)6-4-9/h3-6,8,12H,7,16H2,1-2H3. The van der Waals surface area contributed by atoms with E-state index in [1.54, 1.807) is 28.6 Å². The van der Waals surface area contributed by atoms with Gasteiger partial charge in [-0.15, -0.1) is 10.2 Å². The fourth-order valence-corrected chi connectivity index (χ4v) is 2.88. The lowest BCUT2D eigenvalue weighted by Crippen LogP contribution is -2.23. The fourth-order valence-electron chi connectivity index (χ4n) is 2.03. The summed E-state index contributed by atoms with van der Waals surface area (Å²) in [5.74, 6) is 1.33. The Hall–Kier alpha value is -1.73. The summed E-state index contributed by atoms with van der Waals surface area (Å²) < 4.78 is 14.7. The van der Waals surface area contributed by atoms with Gasteiger partial charge in [0.15, 0.2) is 5.82 Å². The first kappa shape index (κ1) is 14.2. The molecule has 1 aromatic heterocycles. The molecule has 0 bridgehead atoms. The lowest BCUT2D eigenvalue weighted by Gasteiger charge is -2.18. The molecule has 7 heteroatoms. The molecular formula is C14H16FN5S. The molecule has 0 aliphatic carbocycles. The Morgan fingerprint density at radius 3 is 2.62 bits per heavy atom. The van der Waals surface area contributed by atoms with Gasteiger partial charge < -0.3 is 5.73 Å². The first-order valence-corrected chi connectivity index (χ1v) is 7.72. The van der Waals surface area contributed by atoms with E-state index in [-0.39, 0.29) is 17.8 Å². The van der Waals surface area contributed by atoms with Crippen molar-refractivity contribution in [3.8, 4) is 0 Å².